The van der Waals surface area contributed by atoms with Crippen molar-refractivity contribution in [3.8, 4) is 22.5 Å². The number of benzene rings is 1. The van der Waals surface area contributed by atoms with Gasteiger partial charge in [-0.3, -0.25) is 19.6 Å². The molecule has 2 N–H and O–H groups in total. The van der Waals surface area contributed by atoms with Gasteiger partial charge in [-0.15, -0.1) is 0 Å². The minimum Gasteiger partial charge on any atom is -0.351 e. The molecule has 3 heterocycles. The first-order chi connectivity index (χ1) is 15.6. The molecule has 1 amide bonds. The number of carbonyl (C=O) groups is 2. The maximum absolute atomic E-state index is 12.2. The van der Waals surface area contributed by atoms with Crippen LogP contribution in [-0.2, 0) is 4.79 Å². The molecular formula is C25H25N5O2. The van der Waals surface area contributed by atoms with Gasteiger partial charge in [0.05, 0.1) is 23.1 Å². The number of nitrogens with zero attached hydrogens (tertiary/aromatic N) is 3. The molecule has 1 aromatic carbocycles. The summed E-state index contributed by atoms with van der Waals surface area (Å²) in [6.45, 7) is 5.90. The highest BCUT2D eigenvalue weighted by atomic mass is 16.2. The number of fused-ring (bicyclic) bond motifs is 1. The molecule has 7 nitrogen and oxygen atoms in total. The number of aldehydes is 1. The van der Waals surface area contributed by atoms with E-state index in [2.05, 4.69) is 25.3 Å². The molecule has 0 unspecified atom stereocenters. The smallest absolute Gasteiger partial charge is 0.228 e. The van der Waals surface area contributed by atoms with Crippen molar-refractivity contribution in [2.24, 2.45) is 5.92 Å². The molecule has 4 aromatic rings. The first-order valence-corrected chi connectivity index (χ1v) is 10.8. The second-order valence-corrected chi connectivity index (χ2v) is 7.54. The topological polar surface area (TPSA) is 101 Å². The van der Waals surface area contributed by atoms with Gasteiger partial charge in [0.25, 0.3) is 0 Å². The van der Waals surface area contributed by atoms with Gasteiger partial charge in [-0.1, -0.05) is 32.0 Å². The number of hydrogen-bond acceptors (Lipinski definition) is 5. The Hall–Kier alpha value is -3.87. The number of hydrogen-bond donors (Lipinski definition) is 2. The SMILES string of the molecule is CC.Cc1cnc(-c2cccc(-c3cc4c(C=O)cnc(NC(=O)C5CC5)c4[nH]3)c2)cn1. The molecule has 3 aromatic heterocycles. The minimum absolute atomic E-state index is 0.0289. The zero-order chi connectivity index (χ0) is 22.7. The molecule has 1 aliphatic carbocycles. The molecular weight excluding hydrogens is 402 g/mol. The van der Waals surface area contributed by atoms with Crippen LogP contribution in [0.4, 0.5) is 5.82 Å². The van der Waals surface area contributed by atoms with Crippen molar-refractivity contribution in [3.63, 3.8) is 0 Å². The van der Waals surface area contributed by atoms with Gasteiger partial charge in [-0.25, -0.2) is 4.98 Å². The number of H-pyrrole nitrogens is 1. The Morgan fingerprint density at radius 1 is 1.06 bits per heavy atom. The predicted molar refractivity (Wildman–Crippen MR) is 125 cm³/mol. The van der Waals surface area contributed by atoms with E-state index in [4.69, 9.17) is 0 Å². The Balaban J connectivity index is 0.00000119. The van der Waals surface area contributed by atoms with Gasteiger partial charge in [-0.2, -0.15) is 0 Å². The second kappa shape index (κ2) is 9.09. The van der Waals surface area contributed by atoms with E-state index in [9.17, 15) is 9.59 Å². The largest absolute Gasteiger partial charge is 0.351 e. The fourth-order valence-electron chi connectivity index (χ4n) is 3.43. The third kappa shape index (κ3) is 4.27. The normalized spacial score (nSPS) is 12.7. The number of aryl methyl sites for hydroxylation is 1. The Morgan fingerprint density at radius 2 is 1.84 bits per heavy atom. The van der Waals surface area contributed by atoms with E-state index in [0.29, 0.717) is 16.9 Å². The summed E-state index contributed by atoms with van der Waals surface area (Å²) < 4.78 is 0. The van der Waals surface area contributed by atoms with Crippen molar-refractivity contribution >= 4 is 28.9 Å². The van der Waals surface area contributed by atoms with Crippen LogP contribution >= 0.6 is 0 Å². The average Bonchev–Trinajstić information content (AvgIpc) is 3.59. The van der Waals surface area contributed by atoms with Crippen LogP contribution in [0, 0.1) is 12.8 Å². The number of carbonyl (C=O) groups excluding carboxylic acids is 2. The molecule has 32 heavy (non-hydrogen) atoms. The van der Waals surface area contributed by atoms with Crippen molar-refractivity contribution in [2.45, 2.75) is 33.6 Å². The van der Waals surface area contributed by atoms with E-state index < -0.39 is 0 Å². The second-order valence-electron chi connectivity index (χ2n) is 7.54. The number of aromatic amines is 1. The van der Waals surface area contributed by atoms with Crippen LogP contribution in [0.2, 0.25) is 0 Å². The first-order valence-electron chi connectivity index (χ1n) is 10.8. The number of aromatic nitrogens is 4. The lowest BCUT2D eigenvalue weighted by Crippen LogP contribution is -2.14. The van der Waals surface area contributed by atoms with Crippen molar-refractivity contribution in [3.05, 3.63) is 60.2 Å². The van der Waals surface area contributed by atoms with Gasteiger partial charge in [0.2, 0.25) is 5.91 Å². The summed E-state index contributed by atoms with van der Waals surface area (Å²) in [5.74, 6) is 0.479. The molecule has 0 saturated heterocycles. The third-order valence-electron chi connectivity index (χ3n) is 5.27. The van der Waals surface area contributed by atoms with Gasteiger partial charge >= 0.3 is 0 Å². The zero-order valence-corrected chi connectivity index (χ0v) is 18.3. The van der Waals surface area contributed by atoms with E-state index in [1.54, 1.807) is 12.4 Å². The van der Waals surface area contributed by atoms with Gasteiger partial charge in [0.1, 0.15) is 0 Å². The Labute approximate surface area is 186 Å². The third-order valence-corrected chi connectivity index (χ3v) is 5.27. The molecule has 5 rings (SSSR count). The van der Waals surface area contributed by atoms with Gasteiger partial charge in [0, 0.05) is 40.5 Å². The van der Waals surface area contributed by atoms with Crippen molar-refractivity contribution < 1.29 is 9.59 Å². The fraction of sp³-hybridized carbons (Fsp3) is 0.240. The van der Waals surface area contributed by atoms with Crippen molar-refractivity contribution in [2.75, 3.05) is 5.32 Å². The van der Waals surface area contributed by atoms with Crippen LogP contribution in [-0.4, -0.2) is 32.1 Å². The summed E-state index contributed by atoms with van der Waals surface area (Å²) in [5.41, 5.74) is 5.45. The van der Waals surface area contributed by atoms with E-state index in [1.165, 1.54) is 6.20 Å². The van der Waals surface area contributed by atoms with Crippen LogP contribution < -0.4 is 5.32 Å². The summed E-state index contributed by atoms with van der Waals surface area (Å²) in [6, 6.07) is 9.83. The van der Waals surface area contributed by atoms with E-state index in [0.717, 1.165) is 52.7 Å². The highest BCUT2D eigenvalue weighted by Gasteiger charge is 2.30. The maximum Gasteiger partial charge on any atom is 0.228 e. The Kier molecular flexibility index (Phi) is 6.07. The molecule has 0 bridgehead atoms. The molecule has 162 valence electrons. The van der Waals surface area contributed by atoms with Crippen LogP contribution in [0.1, 0.15) is 42.7 Å². The first kappa shape index (κ1) is 21.4. The number of pyridine rings is 1. The number of amides is 1. The van der Waals surface area contributed by atoms with E-state index in [-0.39, 0.29) is 11.8 Å². The average molecular weight is 428 g/mol. The van der Waals surface area contributed by atoms with Gasteiger partial charge < -0.3 is 10.3 Å². The number of nitrogens with one attached hydrogen (secondary N) is 2. The molecule has 1 aliphatic rings. The van der Waals surface area contributed by atoms with Gasteiger partial charge in [0.15, 0.2) is 12.1 Å². The molecule has 0 atom stereocenters. The number of rotatable bonds is 5. The summed E-state index contributed by atoms with van der Waals surface area (Å²) >= 11 is 0. The lowest BCUT2D eigenvalue weighted by molar-refractivity contribution is -0.117. The minimum atomic E-state index is -0.0289. The van der Waals surface area contributed by atoms with E-state index in [1.807, 2.05) is 51.1 Å². The lowest BCUT2D eigenvalue weighted by atomic mass is 10.1. The monoisotopic (exact) mass is 427 g/mol. The van der Waals surface area contributed by atoms with E-state index >= 15 is 0 Å². The fourth-order valence-corrected chi connectivity index (χ4v) is 3.43. The highest BCUT2D eigenvalue weighted by Crippen LogP contribution is 2.33. The predicted octanol–water partition coefficient (Wildman–Crippen LogP) is 5.18. The van der Waals surface area contributed by atoms with Gasteiger partial charge in [-0.05, 0) is 37.5 Å². The maximum atomic E-state index is 12.2. The molecule has 0 radical (unpaired) electrons. The van der Waals surface area contributed by atoms with Crippen LogP contribution in [0.5, 0.6) is 0 Å². The summed E-state index contributed by atoms with van der Waals surface area (Å²) in [7, 11) is 0. The number of anilines is 1. The highest BCUT2D eigenvalue weighted by molar-refractivity contribution is 6.06. The summed E-state index contributed by atoms with van der Waals surface area (Å²) in [4.78, 5) is 40.1. The van der Waals surface area contributed by atoms with Crippen LogP contribution in [0.25, 0.3) is 33.4 Å². The summed E-state index contributed by atoms with van der Waals surface area (Å²) in [6.07, 6.45) is 7.57. The Bertz CT molecular complexity index is 1270. The molecule has 0 spiro atoms. The standard InChI is InChI=1S/C23H19N5O2.C2H6/c1-13-9-25-20(11-24-13)16-4-2-3-15(7-16)19-8-18-17(12-29)10-26-22(21(18)27-19)28-23(30)14-5-6-14;1-2/h2-4,7-12,14,27H,5-6H2,1H3,(H,26,28,30);1-2H3. The molecule has 1 saturated carbocycles. The zero-order valence-electron chi connectivity index (χ0n) is 18.3. The molecule has 7 heteroatoms. The quantitative estimate of drug-likeness (QED) is 0.427. The molecule has 0 aliphatic heterocycles. The molecule has 1 fully saturated rings. The van der Waals surface area contributed by atoms with Crippen LogP contribution in [0.3, 0.4) is 0 Å². The van der Waals surface area contributed by atoms with Crippen molar-refractivity contribution in [1.29, 1.82) is 0 Å². The van der Waals surface area contributed by atoms with Crippen molar-refractivity contribution in [1.82, 2.24) is 19.9 Å². The van der Waals surface area contributed by atoms with Crippen LogP contribution in [0.15, 0.2) is 48.9 Å². The lowest BCUT2D eigenvalue weighted by Gasteiger charge is -2.06. The Morgan fingerprint density at radius 3 is 2.53 bits per heavy atom. The summed E-state index contributed by atoms with van der Waals surface area (Å²) in [5, 5.41) is 3.61.